The van der Waals surface area contributed by atoms with Crippen LogP contribution in [0.5, 0.6) is 0 Å². The molecule has 0 radical (unpaired) electrons. The van der Waals surface area contributed by atoms with Crippen LogP contribution in [0.25, 0.3) is 0 Å². The molecule has 0 spiro atoms. The molecule has 9 N–H and O–H groups in total. The van der Waals surface area contributed by atoms with Gasteiger partial charge in [0.1, 0.15) is 48.8 Å². The monoisotopic (exact) mass is 1290 g/mol. The van der Waals surface area contributed by atoms with Crippen LogP contribution in [-0.4, -0.2) is 140 Å². The Balaban J connectivity index is 1.71. The maximum absolute atomic E-state index is 13.3. The van der Waals surface area contributed by atoms with Crippen LogP contribution in [0.2, 0.25) is 0 Å². The van der Waals surface area contributed by atoms with Gasteiger partial charge in [0.15, 0.2) is 12.6 Å². The first-order chi connectivity index (χ1) is 45.1. The first-order valence-corrected chi connectivity index (χ1v) is 36.8. The molecule has 0 aromatic carbocycles. The summed E-state index contributed by atoms with van der Waals surface area (Å²) >= 11 is 0. The molecular weight excluding hydrogens is 1160 g/mol. The van der Waals surface area contributed by atoms with Gasteiger partial charge in [-0.1, -0.05) is 283 Å². The fourth-order valence-corrected chi connectivity index (χ4v) is 11.3. The fourth-order valence-electron chi connectivity index (χ4n) is 11.3. The molecule has 2 aliphatic heterocycles. The molecule has 0 bridgehead atoms. The largest absolute Gasteiger partial charge is 0.394 e. The van der Waals surface area contributed by atoms with Crippen LogP contribution in [-0.2, 0) is 23.7 Å². The first kappa shape index (κ1) is 84.5. The third-order valence-electron chi connectivity index (χ3n) is 17.1. The second-order valence-corrected chi connectivity index (χ2v) is 25.3. The molecule has 0 aromatic heterocycles. The highest BCUT2D eigenvalue weighted by molar-refractivity contribution is 5.76. The number of rotatable bonds is 59. The van der Waals surface area contributed by atoms with Crippen LogP contribution in [0.3, 0.4) is 0 Å². The van der Waals surface area contributed by atoms with E-state index in [4.69, 9.17) is 18.9 Å². The van der Waals surface area contributed by atoms with Gasteiger partial charge in [0, 0.05) is 6.42 Å². The van der Waals surface area contributed by atoms with Crippen molar-refractivity contribution in [3.05, 3.63) is 122 Å². The first-order valence-electron chi connectivity index (χ1n) is 36.8. The minimum atomic E-state index is -1.80. The zero-order valence-electron chi connectivity index (χ0n) is 57.5. The molecule has 2 heterocycles. The van der Waals surface area contributed by atoms with E-state index in [1.807, 2.05) is 6.08 Å². The Kier molecular flexibility index (Phi) is 56.0. The van der Waals surface area contributed by atoms with Crippen LogP contribution >= 0.6 is 0 Å². The lowest BCUT2D eigenvalue weighted by molar-refractivity contribution is -0.359. The lowest BCUT2D eigenvalue weighted by Gasteiger charge is -2.46. The molecule has 0 aliphatic carbocycles. The Bertz CT molecular complexity index is 2010. The van der Waals surface area contributed by atoms with Gasteiger partial charge >= 0.3 is 0 Å². The fraction of sp³-hybridized carbons (Fsp3) is 0.731. The zero-order valence-corrected chi connectivity index (χ0v) is 57.5. The highest BCUT2D eigenvalue weighted by Crippen LogP contribution is 2.30. The smallest absolute Gasteiger partial charge is 0.220 e. The van der Waals surface area contributed by atoms with Gasteiger partial charge in [0.25, 0.3) is 0 Å². The Morgan fingerprint density at radius 2 is 0.761 bits per heavy atom. The summed E-state index contributed by atoms with van der Waals surface area (Å²) < 4.78 is 22.8. The summed E-state index contributed by atoms with van der Waals surface area (Å²) in [4.78, 5) is 13.3. The SMILES string of the molecule is CC/C=C\C/C=C\C/C=C\C/C=C\C/C=C\C/C=C\C/C=C\CCCCCCCC(=O)NC(COC1OC(CO)C(OC2OC(CO)C(O)C(O)C2O)C(O)C1O)C(O)/C=C/CC/C=C/CC/C=C/CCCCCCCCCCCCCCCCCCCCCCC. The van der Waals surface area contributed by atoms with Crippen LogP contribution in [0.1, 0.15) is 271 Å². The van der Waals surface area contributed by atoms with E-state index >= 15 is 0 Å². The van der Waals surface area contributed by atoms with Gasteiger partial charge in [-0.3, -0.25) is 4.79 Å². The zero-order chi connectivity index (χ0) is 66.6. The number of aliphatic hydroxyl groups is 8. The van der Waals surface area contributed by atoms with Gasteiger partial charge in [0.2, 0.25) is 5.91 Å². The predicted molar refractivity (Wildman–Crippen MR) is 378 cm³/mol. The summed E-state index contributed by atoms with van der Waals surface area (Å²) in [6.45, 7) is 2.66. The number of allylic oxidation sites excluding steroid dienone is 19. The van der Waals surface area contributed by atoms with Gasteiger partial charge in [-0.25, -0.2) is 0 Å². The van der Waals surface area contributed by atoms with Crippen molar-refractivity contribution < 1.29 is 64.6 Å². The van der Waals surface area contributed by atoms with Crippen molar-refractivity contribution in [3.8, 4) is 0 Å². The molecule has 92 heavy (non-hydrogen) atoms. The van der Waals surface area contributed by atoms with Crippen LogP contribution < -0.4 is 5.32 Å². The number of unbranched alkanes of at least 4 members (excludes halogenated alkanes) is 28. The lowest BCUT2D eigenvalue weighted by Crippen LogP contribution is -2.65. The maximum atomic E-state index is 13.3. The normalized spacial score (nSPS) is 23.4. The summed E-state index contributed by atoms with van der Waals surface area (Å²) in [7, 11) is 0. The topological polar surface area (TPSA) is 228 Å². The predicted octanol–water partition coefficient (Wildman–Crippen LogP) is 15.7. The van der Waals surface area contributed by atoms with E-state index in [9.17, 15) is 45.6 Å². The molecular formula is C78H133NO13. The molecule has 528 valence electrons. The molecule has 0 aromatic rings. The standard InChI is InChI=1S/C78H133NO13/c1-3-5-7-9-11-13-15-17-19-21-23-25-27-29-31-32-33-34-36-37-39-41-43-45-47-49-51-53-55-57-59-61-67(82)66(65-89-77-75(88)73(86)76(69(64-81)91-77)92-78-74(87)72(85)71(84)68(63-80)90-78)79-70(83)62-60-58-56-54-52-50-48-46-44-42-40-38-35-30-28-26-24-22-20-18-16-14-12-10-8-6-4-2/h6,8,12,14,18,20,24,26,30,35,40,42-43,45-46,48,51,53,59,61,66-69,71-78,80-82,84-88H,3-5,7,9-11,13,15-17,19,21-23,25,27-29,31-34,36-39,41,44,47,49-50,52,54-58,60,62-65H2,1-2H3,(H,79,83)/b8-6-,14-12-,20-18-,26-24-,35-30-,42-40-,45-43+,48-46-,53-51+,61-59+. The summed E-state index contributed by atoms with van der Waals surface area (Å²) in [5, 5.41) is 87.5. The van der Waals surface area contributed by atoms with E-state index < -0.39 is 86.8 Å². The third-order valence-corrected chi connectivity index (χ3v) is 17.1. The Hall–Kier alpha value is -3.61. The Morgan fingerprint density at radius 1 is 0.402 bits per heavy atom. The molecule has 12 atom stereocenters. The van der Waals surface area contributed by atoms with E-state index in [1.165, 1.54) is 135 Å². The second kappa shape index (κ2) is 61.0. The number of carbonyl (C=O) groups excluding carboxylic acids is 1. The van der Waals surface area contributed by atoms with Crippen molar-refractivity contribution in [1.29, 1.82) is 0 Å². The molecule has 2 saturated heterocycles. The molecule has 2 rings (SSSR count). The number of aliphatic hydroxyl groups excluding tert-OH is 8. The van der Waals surface area contributed by atoms with E-state index in [-0.39, 0.29) is 18.9 Å². The highest BCUT2D eigenvalue weighted by atomic mass is 16.7. The quantitative estimate of drug-likeness (QED) is 0.0204. The summed E-state index contributed by atoms with van der Waals surface area (Å²) in [5.41, 5.74) is 0. The molecule has 12 unspecified atom stereocenters. The van der Waals surface area contributed by atoms with Gasteiger partial charge < -0.3 is 65.1 Å². The average molecular weight is 1290 g/mol. The van der Waals surface area contributed by atoms with E-state index in [1.54, 1.807) is 6.08 Å². The summed E-state index contributed by atoms with van der Waals surface area (Å²) in [6.07, 6.45) is 72.6. The van der Waals surface area contributed by atoms with Crippen molar-refractivity contribution in [2.45, 2.75) is 344 Å². The van der Waals surface area contributed by atoms with Gasteiger partial charge in [-0.05, 0) is 103 Å². The van der Waals surface area contributed by atoms with Crippen molar-refractivity contribution in [3.63, 3.8) is 0 Å². The number of ether oxygens (including phenoxy) is 4. The number of carbonyl (C=O) groups is 1. The van der Waals surface area contributed by atoms with Gasteiger partial charge in [-0.15, -0.1) is 0 Å². The van der Waals surface area contributed by atoms with E-state index in [0.29, 0.717) is 12.8 Å². The van der Waals surface area contributed by atoms with Crippen molar-refractivity contribution in [2.75, 3.05) is 19.8 Å². The number of nitrogens with one attached hydrogen (secondary N) is 1. The Labute approximate surface area is 558 Å². The van der Waals surface area contributed by atoms with Crippen LogP contribution in [0.4, 0.5) is 0 Å². The number of hydrogen-bond acceptors (Lipinski definition) is 13. The molecule has 14 heteroatoms. The lowest BCUT2D eigenvalue weighted by atomic mass is 9.97. The minimum Gasteiger partial charge on any atom is -0.394 e. The third kappa shape index (κ3) is 44.2. The number of hydrogen-bond donors (Lipinski definition) is 9. The Morgan fingerprint density at radius 3 is 1.20 bits per heavy atom. The van der Waals surface area contributed by atoms with Gasteiger partial charge in [0.05, 0.1) is 32.0 Å². The number of amides is 1. The van der Waals surface area contributed by atoms with Crippen molar-refractivity contribution in [2.24, 2.45) is 0 Å². The summed E-state index contributed by atoms with van der Waals surface area (Å²) in [6, 6.07) is -0.960. The molecule has 2 fully saturated rings. The van der Waals surface area contributed by atoms with Crippen molar-refractivity contribution in [1.82, 2.24) is 5.32 Å². The minimum absolute atomic E-state index is 0.239. The van der Waals surface area contributed by atoms with Crippen LogP contribution in [0.15, 0.2) is 122 Å². The maximum Gasteiger partial charge on any atom is 0.220 e. The second-order valence-electron chi connectivity index (χ2n) is 25.3. The highest BCUT2D eigenvalue weighted by Gasteiger charge is 2.51. The van der Waals surface area contributed by atoms with Crippen LogP contribution in [0, 0.1) is 0 Å². The molecule has 1 amide bonds. The molecule has 0 saturated carbocycles. The van der Waals surface area contributed by atoms with Crippen molar-refractivity contribution >= 4 is 5.91 Å². The summed E-state index contributed by atoms with van der Waals surface area (Å²) in [5.74, 6) is -0.275. The molecule has 2 aliphatic rings. The average Bonchev–Trinajstić information content (AvgIpc) is 0.882. The van der Waals surface area contributed by atoms with E-state index in [0.717, 1.165) is 103 Å². The van der Waals surface area contributed by atoms with Gasteiger partial charge in [-0.2, -0.15) is 0 Å². The van der Waals surface area contributed by atoms with E-state index in [2.05, 4.69) is 129 Å². The molecule has 14 nitrogen and oxygen atoms in total.